The first-order chi connectivity index (χ1) is 21.2. The molecule has 1 amide bonds. The number of nitrogens with zero attached hydrogens (tertiary/aromatic N) is 7. The van der Waals surface area contributed by atoms with E-state index in [1.54, 1.807) is 29.9 Å². The number of likely N-dealkylation sites (N-methyl/N-ethyl adjacent to an activating group) is 1. The Morgan fingerprint density at radius 2 is 1.95 bits per heavy atom. The van der Waals surface area contributed by atoms with Gasteiger partial charge in [0, 0.05) is 71.4 Å². The zero-order valence-corrected chi connectivity index (χ0v) is 26.2. The number of carbonyl (C=O) groups is 1. The fourth-order valence-electron chi connectivity index (χ4n) is 5.85. The number of benzene rings is 1. The SMILES string of the molecule is CC1=CC(c2cccc(Cc3c4c(nn3C)CCC3=C4/C=C/C=C(Nc4ccn(CC(=O)N(C)C)n4)/N=C\3)c2)=CN(C)CC1. The van der Waals surface area contributed by atoms with Crippen molar-refractivity contribution < 1.29 is 4.79 Å². The van der Waals surface area contributed by atoms with Crippen LogP contribution in [0, 0.1) is 0 Å². The van der Waals surface area contributed by atoms with Crippen LogP contribution in [0.15, 0.2) is 89.0 Å². The van der Waals surface area contributed by atoms with Gasteiger partial charge in [0.1, 0.15) is 12.4 Å². The Kier molecular flexibility index (Phi) is 8.19. The van der Waals surface area contributed by atoms with Gasteiger partial charge in [0.2, 0.25) is 5.91 Å². The molecular weight excluding hydrogens is 548 g/mol. The van der Waals surface area contributed by atoms with Gasteiger partial charge in [-0.2, -0.15) is 10.2 Å². The quantitative estimate of drug-likeness (QED) is 0.410. The summed E-state index contributed by atoms with van der Waals surface area (Å²) in [6, 6.07) is 10.8. The number of amides is 1. The third kappa shape index (κ3) is 6.37. The van der Waals surface area contributed by atoms with Crippen LogP contribution in [0.5, 0.6) is 0 Å². The molecule has 1 N–H and O–H groups in total. The normalized spacial score (nSPS) is 18.9. The van der Waals surface area contributed by atoms with E-state index >= 15 is 0 Å². The van der Waals surface area contributed by atoms with Crippen molar-refractivity contribution in [1.29, 1.82) is 0 Å². The van der Waals surface area contributed by atoms with E-state index in [0.29, 0.717) is 11.6 Å². The third-order valence-electron chi connectivity index (χ3n) is 8.31. The second kappa shape index (κ2) is 12.4. The molecule has 0 spiro atoms. The number of nitrogens with one attached hydrogen (secondary N) is 1. The number of allylic oxidation sites excluding steroid dienone is 7. The highest BCUT2D eigenvalue weighted by Gasteiger charge is 2.25. The second-order valence-corrected chi connectivity index (χ2v) is 12.0. The Morgan fingerprint density at radius 1 is 1.09 bits per heavy atom. The lowest BCUT2D eigenvalue weighted by Crippen LogP contribution is -2.26. The molecular formula is C35H40N8O. The molecule has 1 aliphatic carbocycles. The average Bonchev–Trinajstić information content (AvgIpc) is 3.50. The molecule has 0 atom stereocenters. The van der Waals surface area contributed by atoms with E-state index in [-0.39, 0.29) is 12.5 Å². The van der Waals surface area contributed by atoms with Crippen molar-refractivity contribution in [3.8, 4) is 0 Å². The topological polar surface area (TPSA) is 83.6 Å². The zero-order valence-electron chi connectivity index (χ0n) is 26.2. The largest absolute Gasteiger partial charge is 0.380 e. The molecule has 2 aliphatic heterocycles. The number of aryl methyl sites for hydroxylation is 2. The summed E-state index contributed by atoms with van der Waals surface area (Å²) in [5, 5.41) is 12.7. The van der Waals surface area contributed by atoms with Gasteiger partial charge in [-0.15, -0.1) is 0 Å². The molecule has 226 valence electrons. The fraction of sp³-hybridized carbons (Fsp3) is 0.314. The van der Waals surface area contributed by atoms with Gasteiger partial charge >= 0.3 is 0 Å². The molecule has 44 heavy (non-hydrogen) atoms. The summed E-state index contributed by atoms with van der Waals surface area (Å²) < 4.78 is 3.68. The van der Waals surface area contributed by atoms with Gasteiger partial charge in [0.15, 0.2) is 5.82 Å². The number of carbonyl (C=O) groups excluding carboxylic acids is 1. The summed E-state index contributed by atoms with van der Waals surface area (Å²) in [4.78, 5) is 20.7. The Labute approximate surface area is 259 Å². The lowest BCUT2D eigenvalue weighted by atomic mass is 9.86. The van der Waals surface area contributed by atoms with E-state index in [1.165, 1.54) is 44.7 Å². The summed E-state index contributed by atoms with van der Waals surface area (Å²) >= 11 is 0. The highest BCUT2D eigenvalue weighted by atomic mass is 16.2. The van der Waals surface area contributed by atoms with Gasteiger partial charge in [0.25, 0.3) is 0 Å². The number of hydrogen-bond acceptors (Lipinski definition) is 6. The van der Waals surface area contributed by atoms with Gasteiger partial charge in [-0.1, -0.05) is 48.1 Å². The number of aliphatic imine (C=N–C) groups is 1. The molecule has 0 unspecified atom stereocenters. The molecule has 0 fully saturated rings. The second-order valence-electron chi connectivity index (χ2n) is 12.0. The summed E-state index contributed by atoms with van der Waals surface area (Å²) in [6.07, 6.45) is 18.1. The Balaban J connectivity index is 1.23. The van der Waals surface area contributed by atoms with Crippen LogP contribution in [0.1, 0.15) is 47.8 Å². The minimum absolute atomic E-state index is 0.0125. The molecule has 3 aromatic rings. The first-order valence-corrected chi connectivity index (χ1v) is 15.1. The van der Waals surface area contributed by atoms with Crippen molar-refractivity contribution in [1.82, 2.24) is 29.4 Å². The number of anilines is 1. The van der Waals surface area contributed by atoms with E-state index in [0.717, 1.165) is 37.9 Å². The predicted octanol–water partition coefficient (Wildman–Crippen LogP) is 5.21. The monoisotopic (exact) mass is 588 g/mol. The van der Waals surface area contributed by atoms with Crippen LogP contribution in [0.3, 0.4) is 0 Å². The maximum atomic E-state index is 12.0. The van der Waals surface area contributed by atoms with E-state index in [1.807, 2.05) is 24.4 Å². The molecule has 9 heteroatoms. The average molecular weight is 589 g/mol. The molecule has 4 heterocycles. The van der Waals surface area contributed by atoms with Crippen LogP contribution in [0.2, 0.25) is 0 Å². The van der Waals surface area contributed by atoms with Crippen LogP contribution >= 0.6 is 0 Å². The molecule has 0 saturated carbocycles. The molecule has 0 saturated heterocycles. The van der Waals surface area contributed by atoms with Gasteiger partial charge < -0.3 is 15.1 Å². The van der Waals surface area contributed by atoms with Gasteiger partial charge in [-0.3, -0.25) is 14.2 Å². The van der Waals surface area contributed by atoms with Crippen LogP contribution < -0.4 is 5.32 Å². The molecule has 6 rings (SSSR count). The van der Waals surface area contributed by atoms with E-state index in [9.17, 15) is 4.79 Å². The van der Waals surface area contributed by atoms with Crippen LogP contribution in [-0.4, -0.2) is 69.2 Å². The molecule has 9 nitrogen and oxygen atoms in total. The summed E-state index contributed by atoms with van der Waals surface area (Å²) in [5.74, 6) is 1.32. The van der Waals surface area contributed by atoms with Crippen molar-refractivity contribution >= 4 is 29.1 Å². The van der Waals surface area contributed by atoms with Crippen LogP contribution in [0.25, 0.3) is 11.1 Å². The number of hydrogen-bond donors (Lipinski definition) is 1. The zero-order chi connectivity index (χ0) is 30.8. The number of aromatic nitrogens is 4. The van der Waals surface area contributed by atoms with Crippen LogP contribution in [0.4, 0.5) is 5.82 Å². The van der Waals surface area contributed by atoms with Crippen molar-refractivity contribution in [3.63, 3.8) is 0 Å². The lowest BCUT2D eigenvalue weighted by molar-refractivity contribution is -0.129. The molecule has 0 bridgehead atoms. The van der Waals surface area contributed by atoms with E-state index < -0.39 is 0 Å². The summed E-state index contributed by atoms with van der Waals surface area (Å²) in [7, 11) is 7.68. The Morgan fingerprint density at radius 3 is 2.80 bits per heavy atom. The van der Waals surface area contributed by atoms with E-state index in [2.05, 4.69) is 83.6 Å². The third-order valence-corrected chi connectivity index (χ3v) is 8.31. The molecule has 0 radical (unpaired) electrons. The van der Waals surface area contributed by atoms with Gasteiger partial charge in [-0.25, -0.2) is 4.99 Å². The van der Waals surface area contributed by atoms with Crippen molar-refractivity contribution in [2.24, 2.45) is 12.0 Å². The van der Waals surface area contributed by atoms with Crippen molar-refractivity contribution in [2.75, 3.05) is 33.0 Å². The lowest BCUT2D eigenvalue weighted by Gasteiger charge is -2.18. The van der Waals surface area contributed by atoms with Gasteiger partial charge in [0.05, 0.1) is 11.4 Å². The minimum Gasteiger partial charge on any atom is -0.380 e. The first-order valence-electron chi connectivity index (χ1n) is 15.1. The van der Waals surface area contributed by atoms with Crippen molar-refractivity contribution in [3.05, 3.63) is 112 Å². The Bertz CT molecular complexity index is 1770. The fourth-order valence-corrected chi connectivity index (χ4v) is 5.85. The molecule has 2 aromatic heterocycles. The smallest absolute Gasteiger partial charge is 0.243 e. The predicted molar refractivity (Wildman–Crippen MR) is 177 cm³/mol. The van der Waals surface area contributed by atoms with E-state index in [4.69, 9.17) is 10.1 Å². The Hall–Kier alpha value is -4.92. The molecule has 1 aromatic carbocycles. The van der Waals surface area contributed by atoms with Crippen LogP contribution in [-0.2, 0) is 31.2 Å². The van der Waals surface area contributed by atoms with Crippen molar-refractivity contribution in [2.45, 2.75) is 39.2 Å². The minimum atomic E-state index is -0.0125. The highest BCUT2D eigenvalue weighted by molar-refractivity contribution is 5.97. The maximum Gasteiger partial charge on any atom is 0.243 e. The maximum absolute atomic E-state index is 12.0. The molecule has 3 aliphatic rings. The summed E-state index contributed by atoms with van der Waals surface area (Å²) in [6.45, 7) is 3.45. The number of fused-ring (bicyclic) bond motifs is 2. The van der Waals surface area contributed by atoms with Gasteiger partial charge in [-0.05, 0) is 60.1 Å². The first kappa shape index (κ1) is 29.2. The highest BCUT2D eigenvalue weighted by Crippen LogP contribution is 2.36. The standard InChI is InChI=1S/C35H40N8O/c1-24-14-16-41(4)22-28(18-24)26-9-6-8-25(19-26)20-31-35-29-10-7-11-32(36-21-27(29)12-13-30(35)38-42(31)5)37-33-15-17-43(39-33)23-34(44)40(2)3/h6-11,15,17-19,21-22H,12-14,16,20,23H2,1-5H3,(H,36,37,39). The summed E-state index contributed by atoms with van der Waals surface area (Å²) in [5.41, 5.74) is 11.1. The number of rotatable bonds is 7.